The smallest absolute Gasteiger partial charge is 0.337 e. The SMILES string of the molecule is C=C1C(=O)O[C@@H]2[C@H]3C(C)=CC[C@H]3C(=C)C[C@@H](OC(=O)/C(=C/CO)COC(=O)C(=C)[C@H](O)CO)[C@@H]12. The van der Waals surface area contributed by atoms with Crippen molar-refractivity contribution in [2.75, 3.05) is 19.8 Å². The Kier molecular flexibility index (Phi) is 7.91. The maximum Gasteiger partial charge on any atom is 0.337 e. The molecule has 9 heteroatoms. The molecule has 0 aromatic carbocycles. The standard InChI is InChI=1S/C25H30O9/c1-12-5-6-17-13(2)9-19(21-15(4)24(30)34-22(21)20(12)17)33-25(31)16(7-8-26)11-32-23(29)14(3)18(28)10-27/h5,7,17-22,26-28H,2-4,6,8-11H2,1H3/b16-7+/t17-,18+,19+,20-,21+,22+/m0/s1. The second kappa shape index (κ2) is 10.5. The Morgan fingerprint density at radius 2 is 1.97 bits per heavy atom. The van der Waals surface area contributed by atoms with E-state index in [9.17, 15) is 24.6 Å². The molecule has 0 bridgehead atoms. The number of esters is 3. The number of hydrogen-bond donors (Lipinski definition) is 3. The van der Waals surface area contributed by atoms with E-state index in [0.29, 0.717) is 6.42 Å². The summed E-state index contributed by atoms with van der Waals surface area (Å²) in [7, 11) is 0. The lowest BCUT2D eigenvalue weighted by Crippen LogP contribution is -2.36. The number of rotatable bonds is 8. The third-order valence-corrected chi connectivity index (χ3v) is 6.71. The first-order chi connectivity index (χ1) is 16.1. The second-order valence-electron chi connectivity index (χ2n) is 8.75. The van der Waals surface area contributed by atoms with Gasteiger partial charge in [-0.2, -0.15) is 0 Å². The van der Waals surface area contributed by atoms with Crippen LogP contribution in [0.2, 0.25) is 0 Å². The molecule has 9 nitrogen and oxygen atoms in total. The summed E-state index contributed by atoms with van der Waals surface area (Å²) in [4.78, 5) is 37.4. The summed E-state index contributed by atoms with van der Waals surface area (Å²) in [5, 5.41) is 27.8. The van der Waals surface area contributed by atoms with Gasteiger partial charge in [0.25, 0.3) is 0 Å². The highest BCUT2D eigenvalue weighted by Crippen LogP contribution is 2.51. The molecule has 3 aliphatic rings. The Morgan fingerprint density at radius 3 is 2.62 bits per heavy atom. The highest BCUT2D eigenvalue weighted by Gasteiger charge is 2.54. The van der Waals surface area contributed by atoms with Crippen LogP contribution in [0, 0.1) is 17.8 Å². The summed E-state index contributed by atoms with van der Waals surface area (Å²) >= 11 is 0. The van der Waals surface area contributed by atoms with Gasteiger partial charge in [-0.25, -0.2) is 14.4 Å². The fourth-order valence-corrected chi connectivity index (χ4v) is 4.82. The van der Waals surface area contributed by atoms with Crippen molar-refractivity contribution in [3.63, 3.8) is 0 Å². The van der Waals surface area contributed by atoms with Gasteiger partial charge in [-0.3, -0.25) is 0 Å². The summed E-state index contributed by atoms with van der Waals surface area (Å²) in [6, 6.07) is 0. The van der Waals surface area contributed by atoms with Crippen molar-refractivity contribution in [2.24, 2.45) is 17.8 Å². The van der Waals surface area contributed by atoms with Crippen molar-refractivity contribution in [2.45, 2.75) is 38.1 Å². The molecule has 0 spiro atoms. The molecule has 0 radical (unpaired) electrons. The van der Waals surface area contributed by atoms with Crippen molar-refractivity contribution in [3.8, 4) is 0 Å². The Morgan fingerprint density at radius 1 is 1.26 bits per heavy atom. The molecular weight excluding hydrogens is 444 g/mol. The zero-order valence-electron chi connectivity index (χ0n) is 19.1. The number of carbonyl (C=O) groups excluding carboxylic acids is 3. The van der Waals surface area contributed by atoms with E-state index in [4.69, 9.17) is 19.3 Å². The second-order valence-corrected chi connectivity index (χ2v) is 8.75. The minimum atomic E-state index is -1.50. The fraction of sp³-hybridized carbons (Fsp3) is 0.480. The van der Waals surface area contributed by atoms with E-state index >= 15 is 0 Å². The quantitative estimate of drug-likeness (QED) is 0.203. The van der Waals surface area contributed by atoms with Crippen LogP contribution in [0.1, 0.15) is 19.8 Å². The van der Waals surface area contributed by atoms with Crippen molar-refractivity contribution >= 4 is 17.9 Å². The number of fused-ring (bicyclic) bond motifs is 3. The normalized spacial score (nSPS) is 29.4. The zero-order chi connectivity index (χ0) is 25.2. The van der Waals surface area contributed by atoms with Gasteiger partial charge >= 0.3 is 17.9 Å². The molecular formula is C25H30O9. The van der Waals surface area contributed by atoms with Crippen LogP contribution >= 0.6 is 0 Å². The van der Waals surface area contributed by atoms with Crippen LogP contribution in [0.5, 0.6) is 0 Å². The van der Waals surface area contributed by atoms with Gasteiger partial charge in [-0.15, -0.1) is 0 Å². The van der Waals surface area contributed by atoms with Gasteiger partial charge in [0.05, 0.1) is 30.3 Å². The highest BCUT2D eigenvalue weighted by molar-refractivity contribution is 5.93. The van der Waals surface area contributed by atoms with Crippen molar-refractivity contribution in [1.82, 2.24) is 0 Å². The van der Waals surface area contributed by atoms with Crippen LogP contribution in [-0.4, -0.2) is 71.4 Å². The number of allylic oxidation sites excluding steroid dienone is 1. The molecule has 184 valence electrons. The van der Waals surface area contributed by atoms with E-state index in [-0.39, 0.29) is 28.6 Å². The summed E-state index contributed by atoms with van der Waals surface area (Å²) in [6.07, 6.45) is 1.49. The molecule has 1 saturated carbocycles. The Labute approximate surface area is 197 Å². The van der Waals surface area contributed by atoms with Crippen molar-refractivity contribution in [1.29, 1.82) is 0 Å². The molecule has 1 aliphatic heterocycles. The molecule has 0 amide bonds. The van der Waals surface area contributed by atoms with E-state index in [1.165, 1.54) is 0 Å². The molecule has 34 heavy (non-hydrogen) atoms. The van der Waals surface area contributed by atoms with Crippen LogP contribution in [0.3, 0.4) is 0 Å². The predicted molar refractivity (Wildman–Crippen MR) is 120 cm³/mol. The first-order valence-electron chi connectivity index (χ1n) is 11.0. The van der Waals surface area contributed by atoms with Crippen molar-refractivity contribution < 1.29 is 43.9 Å². The first kappa shape index (κ1) is 25.6. The van der Waals surface area contributed by atoms with Gasteiger partial charge in [0.15, 0.2) is 0 Å². The minimum Gasteiger partial charge on any atom is -0.458 e. The molecule has 0 aromatic rings. The third kappa shape index (κ3) is 4.91. The number of aliphatic hydroxyl groups excluding tert-OH is 3. The monoisotopic (exact) mass is 474 g/mol. The average Bonchev–Trinajstić information content (AvgIpc) is 3.29. The molecule has 3 rings (SSSR count). The summed E-state index contributed by atoms with van der Waals surface area (Å²) in [5.74, 6) is -2.96. The van der Waals surface area contributed by atoms with Crippen LogP contribution in [-0.2, 0) is 28.6 Å². The Hall–Kier alpha value is -3.01. The molecule has 6 atom stereocenters. The number of carbonyl (C=O) groups is 3. The van der Waals surface area contributed by atoms with Gasteiger partial charge in [0.2, 0.25) is 0 Å². The maximum absolute atomic E-state index is 13.0. The molecule has 3 N–H and O–H groups in total. The van der Waals surface area contributed by atoms with Crippen molar-refractivity contribution in [3.05, 3.63) is 59.8 Å². The highest BCUT2D eigenvalue weighted by atomic mass is 16.6. The first-order valence-corrected chi connectivity index (χ1v) is 11.0. The van der Waals surface area contributed by atoms with E-state index < -0.39 is 62.0 Å². The lowest BCUT2D eigenvalue weighted by atomic mass is 9.80. The maximum atomic E-state index is 13.0. The lowest BCUT2D eigenvalue weighted by molar-refractivity contribution is -0.149. The summed E-state index contributed by atoms with van der Waals surface area (Å²) < 4.78 is 16.4. The van der Waals surface area contributed by atoms with Gasteiger partial charge in [0.1, 0.15) is 24.9 Å². The van der Waals surface area contributed by atoms with Crippen LogP contribution < -0.4 is 0 Å². The average molecular weight is 475 g/mol. The molecule has 0 aromatic heterocycles. The lowest BCUT2D eigenvalue weighted by Gasteiger charge is -2.28. The van der Waals surface area contributed by atoms with E-state index in [0.717, 1.165) is 23.6 Å². The number of aliphatic hydroxyl groups is 3. The van der Waals surface area contributed by atoms with Gasteiger partial charge in [-0.05, 0) is 25.3 Å². The van der Waals surface area contributed by atoms with Crippen LogP contribution in [0.25, 0.3) is 0 Å². The van der Waals surface area contributed by atoms with Gasteiger partial charge in [-0.1, -0.05) is 37.0 Å². The minimum absolute atomic E-state index is 0.0623. The van der Waals surface area contributed by atoms with Crippen LogP contribution in [0.4, 0.5) is 0 Å². The van der Waals surface area contributed by atoms with Crippen LogP contribution in [0.15, 0.2) is 59.8 Å². The van der Waals surface area contributed by atoms with E-state index in [2.05, 4.69) is 25.8 Å². The molecule has 2 fully saturated rings. The predicted octanol–water partition coefficient (Wildman–Crippen LogP) is 0.910. The van der Waals surface area contributed by atoms with E-state index in [1.54, 1.807) is 0 Å². The van der Waals surface area contributed by atoms with Gasteiger partial charge < -0.3 is 29.5 Å². The molecule has 1 saturated heterocycles. The molecule has 0 unspecified atom stereocenters. The van der Waals surface area contributed by atoms with Gasteiger partial charge in [0, 0.05) is 17.9 Å². The summed E-state index contributed by atoms with van der Waals surface area (Å²) in [5.41, 5.74) is 1.68. The number of hydrogen-bond acceptors (Lipinski definition) is 9. The molecule has 1 heterocycles. The largest absolute Gasteiger partial charge is 0.458 e. The number of ether oxygens (including phenoxy) is 3. The topological polar surface area (TPSA) is 140 Å². The van der Waals surface area contributed by atoms with E-state index in [1.807, 2.05) is 6.92 Å². The summed E-state index contributed by atoms with van der Waals surface area (Å²) in [6.45, 7) is 11.6. The zero-order valence-corrected chi connectivity index (χ0v) is 19.1. The third-order valence-electron chi connectivity index (χ3n) is 6.71. The molecule has 2 aliphatic carbocycles. The Bertz CT molecular complexity index is 973. The fourth-order valence-electron chi connectivity index (χ4n) is 4.82. The Balaban J connectivity index is 1.77.